The minimum absolute atomic E-state index is 0.109. The molecule has 0 aromatic heterocycles. The SMILES string of the molecule is CCCCCCCC/C=C\CCCCCCC(CCCCCCCCCCCC)C(=O)OCCCCCCCCCCCCCCCC. The van der Waals surface area contributed by atoms with Gasteiger partial charge in [-0.25, -0.2) is 0 Å². The van der Waals surface area contributed by atoms with Crippen molar-refractivity contribution in [3.63, 3.8) is 0 Å². The number of carbonyl (C=O) groups is 1. The van der Waals surface area contributed by atoms with Crippen LogP contribution in [0.3, 0.4) is 0 Å². The van der Waals surface area contributed by atoms with E-state index < -0.39 is 0 Å². The van der Waals surface area contributed by atoms with Gasteiger partial charge in [0.25, 0.3) is 0 Å². The Hall–Kier alpha value is -0.790. The summed E-state index contributed by atoms with van der Waals surface area (Å²) >= 11 is 0. The molecule has 48 heavy (non-hydrogen) atoms. The minimum atomic E-state index is 0.109. The van der Waals surface area contributed by atoms with Gasteiger partial charge in [0.05, 0.1) is 12.5 Å². The number of hydrogen-bond donors (Lipinski definition) is 0. The van der Waals surface area contributed by atoms with Crippen LogP contribution < -0.4 is 0 Å². The molecule has 0 N–H and O–H groups in total. The summed E-state index contributed by atoms with van der Waals surface area (Å²) in [6.07, 6.45) is 55.3. The number of unbranched alkanes of at least 4 members (excludes halogenated alkanes) is 32. The third-order valence-electron chi connectivity index (χ3n) is 10.5. The summed E-state index contributed by atoms with van der Waals surface area (Å²) in [7, 11) is 0. The highest BCUT2D eigenvalue weighted by atomic mass is 16.5. The fourth-order valence-electron chi connectivity index (χ4n) is 7.13. The van der Waals surface area contributed by atoms with E-state index in [0.717, 1.165) is 19.3 Å². The smallest absolute Gasteiger partial charge is 0.308 e. The highest BCUT2D eigenvalue weighted by Gasteiger charge is 2.19. The average Bonchev–Trinajstić information content (AvgIpc) is 3.09. The Morgan fingerprint density at radius 2 is 0.646 bits per heavy atom. The van der Waals surface area contributed by atoms with Crippen molar-refractivity contribution in [2.75, 3.05) is 6.61 Å². The molecule has 0 spiro atoms. The molecule has 0 heterocycles. The molecule has 0 aliphatic carbocycles. The van der Waals surface area contributed by atoms with Crippen LogP contribution >= 0.6 is 0 Å². The molecule has 0 bridgehead atoms. The number of carbonyl (C=O) groups excluding carboxylic acids is 1. The van der Waals surface area contributed by atoms with E-state index in [4.69, 9.17) is 4.74 Å². The summed E-state index contributed by atoms with van der Waals surface area (Å²) in [4.78, 5) is 13.1. The lowest BCUT2D eigenvalue weighted by molar-refractivity contribution is -0.149. The molecule has 0 fully saturated rings. The molecule has 1 unspecified atom stereocenters. The molecule has 2 heteroatoms. The van der Waals surface area contributed by atoms with Gasteiger partial charge in [0.15, 0.2) is 0 Å². The summed E-state index contributed by atoms with van der Waals surface area (Å²) in [5.74, 6) is 0.237. The Balaban J connectivity index is 4.07. The Kier molecular flexibility index (Phi) is 41.7. The molecular weight excluding hydrogens is 585 g/mol. The van der Waals surface area contributed by atoms with E-state index in [-0.39, 0.29) is 11.9 Å². The number of ether oxygens (including phenoxy) is 1. The molecule has 0 aliphatic heterocycles. The topological polar surface area (TPSA) is 26.3 Å². The zero-order chi connectivity index (χ0) is 34.9. The molecule has 0 amide bonds. The number of rotatable bonds is 41. The summed E-state index contributed by atoms with van der Waals surface area (Å²) in [6.45, 7) is 7.51. The predicted octanol–water partition coefficient (Wildman–Crippen LogP) is 16.6. The lowest BCUT2D eigenvalue weighted by Crippen LogP contribution is -2.18. The van der Waals surface area contributed by atoms with E-state index in [1.165, 1.54) is 225 Å². The van der Waals surface area contributed by atoms with Crippen LogP contribution in [0, 0.1) is 5.92 Å². The van der Waals surface area contributed by atoms with E-state index in [1.54, 1.807) is 0 Å². The van der Waals surface area contributed by atoms with E-state index in [2.05, 4.69) is 32.9 Å². The Morgan fingerprint density at radius 1 is 0.375 bits per heavy atom. The van der Waals surface area contributed by atoms with Crippen LogP contribution in [0.1, 0.15) is 265 Å². The van der Waals surface area contributed by atoms with Gasteiger partial charge in [-0.2, -0.15) is 0 Å². The van der Waals surface area contributed by atoms with Crippen molar-refractivity contribution in [2.45, 2.75) is 265 Å². The maximum absolute atomic E-state index is 13.1. The molecule has 0 aromatic carbocycles. The van der Waals surface area contributed by atoms with Gasteiger partial charge in [0, 0.05) is 0 Å². The van der Waals surface area contributed by atoms with Crippen LogP contribution in [0.15, 0.2) is 12.2 Å². The van der Waals surface area contributed by atoms with Crippen molar-refractivity contribution in [1.82, 2.24) is 0 Å². The fourth-order valence-corrected chi connectivity index (χ4v) is 7.13. The molecule has 0 radical (unpaired) electrons. The Bertz CT molecular complexity index is 626. The second-order valence-electron chi connectivity index (χ2n) is 15.5. The van der Waals surface area contributed by atoms with Crippen LogP contribution in [0.4, 0.5) is 0 Å². The van der Waals surface area contributed by atoms with E-state index in [0.29, 0.717) is 6.61 Å². The zero-order valence-corrected chi connectivity index (χ0v) is 33.6. The molecule has 1 atom stereocenters. The van der Waals surface area contributed by atoms with Gasteiger partial charge in [0.2, 0.25) is 0 Å². The average molecular weight is 675 g/mol. The van der Waals surface area contributed by atoms with Gasteiger partial charge in [-0.05, 0) is 44.9 Å². The summed E-state index contributed by atoms with van der Waals surface area (Å²) < 4.78 is 5.88. The van der Waals surface area contributed by atoms with E-state index >= 15 is 0 Å². The van der Waals surface area contributed by atoms with Gasteiger partial charge in [0.1, 0.15) is 0 Å². The van der Waals surface area contributed by atoms with Gasteiger partial charge in [-0.1, -0.05) is 232 Å². The first-order valence-electron chi connectivity index (χ1n) is 22.6. The molecule has 0 saturated heterocycles. The lowest BCUT2D eigenvalue weighted by atomic mass is 9.94. The van der Waals surface area contributed by atoms with Gasteiger partial charge < -0.3 is 4.74 Å². The second kappa shape index (κ2) is 42.4. The molecule has 0 aromatic rings. The van der Waals surface area contributed by atoms with Gasteiger partial charge in [-0.3, -0.25) is 4.79 Å². The first-order chi connectivity index (χ1) is 23.8. The Labute approximate surface area is 304 Å². The Morgan fingerprint density at radius 3 is 0.979 bits per heavy atom. The first-order valence-corrected chi connectivity index (χ1v) is 22.6. The summed E-state index contributed by atoms with van der Waals surface area (Å²) in [6, 6.07) is 0. The number of esters is 1. The maximum atomic E-state index is 13.1. The normalized spacial score (nSPS) is 12.3. The highest BCUT2D eigenvalue weighted by molar-refractivity contribution is 5.72. The van der Waals surface area contributed by atoms with Crippen molar-refractivity contribution in [1.29, 1.82) is 0 Å². The molecule has 0 rings (SSSR count). The predicted molar refractivity (Wildman–Crippen MR) is 216 cm³/mol. The molecular formula is C46H90O2. The van der Waals surface area contributed by atoms with Crippen LogP contribution in [0.2, 0.25) is 0 Å². The summed E-state index contributed by atoms with van der Waals surface area (Å²) in [5.41, 5.74) is 0. The fraction of sp³-hybridized carbons (Fsp3) is 0.935. The van der Waals surface area contributed by atoms with Crippen molar-refractivity contribution >= 4 is 5.97 Å². The van der Waals surface area contributed by atoms with Crippen molar-refractivity contribution in [2.24, 2.45) is 5.92 Å². The van der Waals surface area contributed by atoms with Gasteiger partial charge >= 0.3 is 5.97 Å². The van der Waals surface area contributed by atoms with Crippen LogP contribution in [-0.2, 0) is 9.53 Å². The molecule has 0 saturated carbocycles. The monoisotopic (exact) mass is 675 g/mol. The van der Waals surface area contributed by atoms with Crippen LogP contribution in [0.5, 0.6) is 0 Å². The quantitative estimate of drug-likeness (QED) is 0.0366. The zero-order valence-electron chi connectivity index (χ0n) is 33.6. The van der Waals surface area contributed by atoms with E-state index in [1.807, 2.05) is 0 Å². The van der Waals surface area contributed by atoms with Crippen LogP contribution in [0.25, 0.3) is 0 Å². The highest BCUT2D eigenvalue weighted by Crippen LogP contribution is 2.22. The van der Waals surface area contributed by atoms with Crippen molar-refractivity contribution in [3.8, 4) is 0 Å². The minimum Gasteiger partial charge on any atom is -0.465 e. The standard InChI is InChI=1S/C46H90O2/c1-4-7-10-13-16-19-22-24-26-28-31-34-37-40-43-45(42-39-36-33-30-21-18-15-12-9-6-3)46(47)48-44-41-38-35-32-29-27-25-23-20-17-14-11-8-5-2/h24,26,45H,4-23,25,27-44H2,1-3H3/b26-24-. The second-order valence-corrected chi connectivity index (χ2v) is 15.5. The van der Waals surface area contributed by atoms with Gasteiger partial charge in [-0.15, -0.1) is 0 Å². The van der Waals surface area contributed by atoms with Crippen molar-refractivity contribution < 1.29 is 9.53 Å². The number of allylic oxidation sites excluding steroid dienone is 2. The number of hydrogen-bond acceptors (Lipinski definition) is 2. The molecule has 0 aliphatic rings. The maximum Gasteiger partial charge on any atom is 0.308 e. The third kappa shape index (κ3) is 38.0. The molecule has 2 nitrogen and oxygen atoms in total. The third-order valence-corrected chi connectivity index (χ3v) is 10.5. The lowest BCUT2D eigenvalue weighted by Gasteiger charge is -2.16. The van der Waals surface area contributed by atoms with Crippen LogP contribution in [-0.4, -0.2) is 12.6 Å². The largest absolute Gasteiger partial charge is 0.465 e. The van der Waals surface area contributed by atoms with Crippen molar-refractivity contribution in [3.05, 3.63) is 12.2 Å². The first kappa shape index (κ1) is 47.2. The van der Waals surface area contributed by atoms with E-state index in [9.17, 15) is 4.79 Å². The molecule has 286 valence electrons. The summed E-state index contributed by atoms with van der Waals surface area (Å²) in [5, 5.41) is 0.